The molecule has 2 amide bonds. The number of amides is 2. The number of carbonyl (C=O) groups excluding carboxylic acids is 2. The number of hydrogen-bond donors (Lipinski definition) is 1. The van der Waals surface area contributed by atoms with Crippen LogP contribution in [0.4, 0.5) is 0 Å². The van der Waals surface area contributed by atoms with E-state index in [-0.39, 0.29) is 25.0 Å². The van der Waals surface area contributed by atoms with Crippen molar-refractivity contribution >= 4 is 35.0 Å². The topological polar surface area (TPSA) is 58.6 Å². The summed E-state index contributed by atoms with van der Waals surface area (Å²) in [5.41, 5.74) is 3.75. The Hall–Kier alpha value is -3.02. The first kappa shape index (κ1) is 25.6. The molecule has 0 saturated carbocycles. The van der Waals surface area contributed by atoms with Gasteiger partial charge in [-0.25, -0.2) is 0 Å². The molecule has 3 aromatic rings. The summed E-state index contributed by atoms with van der Waals surface area (Å²) in [6.07, 6.45) is 0.358. The van der Waals surface area contributed by atoms with E-state index < -0.39 is 6.04 Å². The van der Waals surface area contributed by atoms with Gasteiger partial charge < -0.3 is 15.0 Å². The van der Waals surface area contributed by atoms with Gasteiger partial charge in [0.05, 0.1) is 10.0 Å². The van der Waals surface area contributed by atoms with E-state index in [1.165, 1.54) is 4.90 Å². The maximum Gasteiger partial charge on any atom is 0.261 e. The third-order valence-electron chi connectivity index (χ3n) is 5.76. The van der Waals surface area contributed by atoms with Gasteiger partial charge in [-0.05, 0) is 54.3 Å². The van der Waals surface area contributed by atoms with Crippen LogP contribution in [0.5, 0.6) is 5.75 Å². The molecular formula is C27H28Cl2N2O3. The summed E-state index contributed by atoms with van der Waals surface area (Å²) in [5, 5.41) is 3.51. The lowest BCUT2D eigenvalue weighted by molar-refractivity contribution is -0.142. The van der Waals surface area contributed by atoms with Gasteiger partial charge in [-0.3, -0.25) is 9.59 Å². The Bertz CT molecular complexity index is 1150. The maximum absolute atomic E-state index is 13.5. The Morgan fingerprint density at radius 2 is 1.68 bits per heavy atom. The Morgan fingerprint density at radius 3 is 2.35 bits per heavy atom. The first-order valence-electron chi connectivity index (χ1n) is 11.0. The predicted molar refractivity (Wildman–Crippen MR) is 136 cm³/mol. The van der Waals surface area contributed by atoms with Crippen molar-refractivity contribution in [2.75, 3.05) is 13.7 Å². The van der Waals surface area contributed by atoms with E-state index in [0.717, 1.165) is 22.3 Å². The number of likely N-dealkylation sites (N-methyl/N-ethyl adjacent to an activating group) is 1. The van der Waals surface area contributed by atoms with Crippen LogP contribution >= 0.6 is 23.2 Å². The Balaban J connectivity index is 1.91. The number of nitrogens with one attached hydrogen (secondary N) is 1. The lowest BCUT2D eigenvalue weighted by Gasteiger charge is -2.31. The highest BCUT2D eigenvalue weighted by molar-refractivity contribution is 6.42. The smallest absolute Gasteiger partial charge is 0.261 e. The van der Waals surface area contributed by atoms with Crippen molar-refractivity contribution in [1.82, 2.24) is 10.2 Å². The Labute approximate surface area is 210 Å². The number of carbonyl (C=O) groups is 2. The number of hydrogen-bond acceptors (Lipinski definition) is 3. The molecule has 3 rings (SSSR count). The molecule has 5 nitrogen and oxygen atoms in total. The molecule has 0 aliphatic heterocycles. The van der Waals surface area contributed by atoms with E-state index in [1.807, 2.05) is 62.4 Å². The van der Waals surface area contributed by atoms with E-state index in [1.54, 1.807) is 25.2 Å². The van der Waals surface area contributed by atoms with Crippen LogP contribution in [0.1, 0.15) is 22.3 Å². The van der Waals surface area contributed by atoms with E-state index >= 15 is 0 Å². The second-order valence-corrected chi connectivity index (χ2v) is 8.89. The molecule has 1 atom stereocenters. The molecule has 0 fully saturated rings. The fraction of sp³-hybridized carbons (Fsp3) is 0.259. The third kappa shape index (κ3) is 6.52. The Morgan fingerprint density at radius 1 is 0.941 bits per heavy atom. The quantitative estimate of drug-likeness (QED) is 0.431. The highest BCUT2D eigenvalue weighted by Gasteiger charge is 2.30. The summed E-state index contributed by atoms with van der Waals surface area (Å²) >= 11 is 12.3. The molecule has 0 aromatic heterocycles. The van der Waals surface area contributed by atoms with Gasteiger partial charge in [-0.1, -0.05) is 71.7 Å². The van der Waals surface area contributed by atoms with E-state index in [0.29, 0.717) is 22.2 Å². The lowest BCUT2D eigenvalue weighted by atomic mass is 10.0. The Kier molecular flexibility index (Phi) is 8.97. The summed E-state index contributed by atoms with van der Waals surface area (Å²) < 4.78 is 5.88. The predicted octanol–water partition coefficient (Wildman–Crippen LogP) is 5.38. The van der Waals surface area contributed by atoms with Crippen LogP contribution in [0.25, 0.3) is 0 Å². The fourth-order valence-corrected chi connectivity index (χ4v) is 3.98. The SMILES string of the molecule is CNC(=O)[C@H](Cc1ccccc1)N(Cc1ccc(Cl)c(Cl)c1)C(=O)COc1cccc(C)c1C. The molecule has 0 unspecified atom stereocenters. The first-order valence-corrected chi connectivity index (χ1v) is 11.7. The second-order valence-electron chi connectivity index (χ2n) is 8.08. The molecule has 34 heavy (non-hydrogen) atoms. The van der Waals surface area contributed by atoms with Crippen LogP contribution in [-0.4, -0.2) is 36.4 Å². The highest BCUT2D eigenvalue weighted by atomic mass is 35.5. The first-order chi connectivity index (χ1) is 16.3. The van der Waals surface area contributed by atoms with Crippen LogP contribution in [0, 0.1) is 13.8 Å². The van der Waals surface area contributed by atoms with Gasteiger partial charge in [-0.2, -0.15) is 0 Å². The lowest BCUT2D eigenvalue weighted by Crippen LogP contribution is -2.51. The summed E-state index contributed by atoms with van der Waals surface area (Å²) in [5.74, 6) is 0.0721. The average Bonchev–Trinajstić information content (AvgIpc) is 2.84. The maximum atomic E-state index is 13.5. The van der Waals surface area contributed by atoms with Gasteiger partial charge in [0.1, 0.15) is 11.8 Å². The van der Waals surface area contributed by atoms with Crippen LogP contribution in [0.2, 0.25) is 10.0 Å². The summed E-state index contributed by atoms with van der Waals surface area (Å²) in [7, 11) is 1.56. The van der Waals surface area contributed by atoms with Crippen LogP contribution in [-0.2, 0) is 22.6 Å². The molecule has 0 aliphatic carbocycles. The number of nitrogens with zero attached hydrogens (tertiary/aromatic N) is 1. The van der Waals surface area contributed by atoms with Crippen molar-refractivity contribution in [3.63, 3.8) is 0 Å². The van der Waals surface area contributed by atoms with Crippen molar-refractivity contribution in [3.05, 3.63) is 99.0 Å². The molecule has 0 saturated heterocycles. The zero-order valence-electron chi connectivity index (χ0n) is 19.5. The molecule has 3 aromatic carbocycles. The standard InChI is InChI=1S/C27H28Cl2N2O3/c1-18-8-7-11-25(19(18)2)34-17-26(32)31(16-21-12-13-22(28)23(29)14-21)24(27(33)30-3)15-20-9-5-4-6-10-20/h4-14,24H,15-17H2,1-3H3,(H,30,33)/t24-/m0/s1. The molecule has 1 N–H and O–H groups in total. The molecule has 0 spiro atoms. The van der Waals surface area contributed by atoms with Crippen LogP contribution < -0.4 is 10.1 Å². The molecule has 0 aliphatic rings. The number of ether oxygens (including phenoxy) is 1. The summed E-state index contributed by atoms with van der Waals surface area (Å²) in [6.45, 7) is 3.91. The molecule has 0 bridgehead atoms. The number of aryl methyl sites for hydroxylation is 1. The second kappa shape index (κ2) is 11.9. The summed E-state index contributed by atoms with van der Waals surface area (Å²) in [4.78, 5) is 28.0. The van der Waals surface area contributed by atoms with Crippen molar-refractivity contribution in [1.29, 1.82) is 0 Å². The van der Waals surface area contributed by atoms with Gasteiger partial charge in [-0.15, -0.1) is 0 Å². The molecule has 7 heteroatoms. The minimum Gasteiger partial charge on any atom is -0.483 e. The minimum absolute atomic E-state index is 0.177. The zero-order valence-corrected chi connectivity index (χ0v) is 21.0. The zero-order chi connectivity index (χ0) is 24.7. The van der Waals surface area contributed by atoms with Gasteiger partial charge in [0.15, 0.2) is 6.61 Å². The van der Waals surface area contributed by atoms with Gasteiger partial charge >= 0.3 is 0 Å². The van der Waals surface area contributed by atoms with E-state index in [9.17, 15) is 9.59 Å². The normalized spacial score (nSPS) is 11.6. The summed E-state index contributed by atoms with van der Waals surface area (Å²) in [6, 6.07) is 19.7. The minimum atomic E-state index is -0.739. The highest BCUT2D eigenvalue weighted by Crippen LogP contribution is 2.25. The molecule has 178 valence electrons. The largest absolute Gasteiger partial charge is 0.483 e. The molecule has 0 radical (unpaired) electrons. The average molecular weight is 499 g/mol. The number of benzene rings is 3. The fourth-order valence-electron chi connectivity index (χ4n) is 3.66. The third-order valence-corrected chi connectivity index (χ3v) is 6.50. The molecule has 0 heterocycles. The van der Waals surface area contributed by atoms with Gasteiger partial charge in [0.2, 0.25) is 5.91 Å². The van der Waals surface area contributed by atoms with Crippen molar-refractivity contribution in [2.45, 2.75) is 32.9 Å². The van der Waals surface area contributed by atoms with Gasteiger partial charge in [0, 0.05) is 20.0 Å². The van der Waals surface area contributed by atoms with E-state index in [4.69, 9.17) is 27.9 Å². The number of halogens is 2. The van der Waals surface area contributed by atoms with E-state index in [2.05, 4.69) is 5.32 Å². The van der Waals surface area contributed by atoms with Crippen molar-refractivity contribution < 1.29 is 14.3 Å². The monoisotopic (exact) mass is 498 g/mol. The van der Waals surface area contributed by atoms with Crippen molar-refractivity contribution in [3.8, 4) is 5.75 Å². The van der Waals surface area contributed by atoms with Crippen LogP contribution in [0.3, 0.4) is 0 Å². The van der Waals surface area contributed by atoms with Crippen molar-refractivity contribution in [2.24, 2.45) is 0 Å². The molecular weight excluding hydrogens is 471 g/mol. The van der Waals surface area contributed by atoms with Gasteiger partial charge in [0.25, 0.3) is 5.91 Å². The number of rotatable bonds is 9. The van der Waals surface area contributed by atoms with Crippen LogP contribution in [0.15, 0.2) is 66.7 Å².